The first-order chi connectivity index (χ1) is 16.8. The minimum absolute atomic E-state index is 0.123. The average molecular weight is 576 g/mol. The van der Waals surface area contributed by atoms with Crippen LogP contribution < -0.4 is 5.32 Å². The van der Waals surface area contributed by atoms with Gasteiger partial charge in [-0.2, -0.15) is 0 Å². The molecule has 3 rings (SSSR count). The maximum absolute atomic E-state index is 13.5. The van der Waals surface area contributed by atoms with E-state index in [9.17, 15) is 9.59 Å². The molecule has 0 bridgehead atoms. The maximum atomic E-state index is 13.5. The van der Waals surface area contributed by atoms with Crippen LogP contribution in [-0.4, -0.2) is 34.6 Å². The number of hydrogen-bond acceptors (Lipinski definition) is 3. The van der Waals surface area contributed by atoms with Crippen LogP contribution in [0.3, 0.4) is 0 Å². The fourth-order valence-corrected chi connectivity index (χ4v) is 6.27. The van der Waals surface area contributed by atoms with Gasteiger partial charge in [-0.15, -0.1) is 11.8 Å². The summed E-state index contributed by atoms with van der Waals surface area (Å²) in [5, 5.41) is 5.25. The summed E-state index contributed by atoms with van der Waals surface area (Å²) in [7, 11) is 0. The molecule has 2 aromatic rings. The monoisotopic (exact) mass is 574 g/mol. The van der Waals surface area contributed by atoms with Crippen LogP contribution in [0.15, 0.2) is 36.4 Å². The first kappa shape index (κ1) is 28.5. The number of nitrogens with one attached hydrogen (secondary N) is 1. The Morgan fingerprint density at radius 1 is 1.03 bits per heavy atom. The van der Waals surface area contributed by atoms with Gasteiger partial charge in [-0.3, -0.25) is 9.59 Å². The first-order valence-electron chi connectivity index (χ1n) is 11.8. The van der Waals surface area contributed by atoms with Crippen molar-refractivity contribution in [1.82, 2.24) is 10.2 Å². The highest BCUT2D eigenvalue weighted by Gasteiger charge is 2.31. The minimum Gasteiger partial charge on any atom is -0.352 e. The van der Waals surface area contributed by atoms with Crippen LogP contribution in [0.25, 0.3) is 0 Å². The second kappa shape index (κ2) is 14.0. The molecule has 1 N–H and O–H groups in total. The zero-order chi connectivity index (χ0) is 25.4. The molecule has 0 unspecified atom stereocenters. The van der Waals surface area contributed by atoms with E-state index in [1.54, 1.807) is 35.2 Å². The van der Waals surface area contributed by atoms with Gasteiger partial charge in [0.15, 0.2) is 0 Å². The molecule has 190 valence electrons. The fraction of sp³-hybridized carbons (Fsp3) is 0.462. The van der Waals surface area contributed by atoms with Crippen molar-refractivity contribution in [1.29, 1.82) is 0 Å². The zero-order valence-corrected chi connectivity index (χ0v) is 23.5. The minimum atomic E-state index is -0.614. The fourth-order valence-electron chi connectivity index (χ4n) is 4.29. The van der Waals surface area contributed by atoms with Crippen LogP contribution in [-0.2, 0) is 21.9 Å². The van der Waals surface area contributed by atoms with Gasteiger partial charge in [-0.25, -0.2) is 0 Å². The molecule has 0 radical (unpaired) electrons. The van der Waals surface area contributed by atoms with Gasteiger partial charge in [0, 0.05) is 44.0 Å². The number of carbonyl (C=O) groups excluding carboxylic acids is 2. The SMILES string of the molecule is CC[C@H](C(=O)NC1CCCCC1)N(Cc1c(Cl)cccc1Cl)C(=O)CSCc1ccc(Cl)cc1Cl. The van der Waals surface area contributed by atoms with Crippen molar-refractivity contribution in [3.05, 3.63) is 67.6 Å². The average Bonchev–Trinajstić information content (AvgIpc) is 2.82. The van der Waals surface area contributed by atoms with Gasteiger partial charge in [0.05, 0.1) is 5.75 Å². The van der Waals surface area contributed by atoms with Crippen LogP contribution in [0.2, 0.25) is 20.1 Å². The Kier molecular flexibility index (Phi) is 11.4. The van der Waals surface area contributed by atoms with Gasteiger partial charge in [-0.1, -0.05) is 84.7 Å². The molecule has 1 saturated carbocycles. The number of amides is 2. The molecular weight excluding hydrogens is 546 g/mol. The van der Waals surface area contributed by atoms with Gasteiger partial charge in [0.1, 0.15) is 6.04 Å². The lowest BCUT2D eigenvalue weighted by Gasteiger charge is -2.33. The van der Waals surface area contributed by atoms with Gasteiger partial charge in [-0.05, 0) is 49.1 Å². The second-order valence-electron chi connectivity index (χ2n) is 8.72. The third-order valence-corrected chi connectivity index (χ3v) is 8.49. The number of nitrogens with zero attached hydrogens (tertiary/aromatic N) is 1. The summed E-state index contributed by atoms with van der Waals surface area (Å²) in [6, 6.07) is 10.1. The molecule has 1 aliphatic carbocycles. The van der Waals surface area contributed by atoms with Crippen molar-refractivity contribution in [2.24, 2.45) is 0 Å². The third kappa shape index (κ3) is 8.19. The predicted octanol–water partition coefficient (Wildman–Crippen LogP) is 7.79. The van der Waals surface area contributed by atoms with Crippen molar-refractivity contribution in [2.75, 3.05) is 5.75 Å². The van der Waals surface area contributed by atoms with E-state index in [2.05, 4.69) is 5.32 Å². The molecule has 0 aromatic heterocycles. The molecular formula is C26H30Cl4N2O2S. The number of benzene rings is 2. The summed E-state index contributed by atoms with van der Waals surface area (Å²) in [5.41, 5.74) is 1.54. The number of thioether (sulfide) groups is 1. The Morgan fingerprint density at radius 2 is 1.71 bits per heavy atom. The quantitative estimate of drug-likeness (QED) is 0.314. The van der Waals surface area contributed by atoms with Crippen LogP contribution in [0.5, 0.6) is 0 Å². The molecule has 1 fully saturated rings. The number of hydrogen-bond donors (Lipinski definition) is 1. The Balaban J connectivity index is 1.76. The third-order valence-electron chi connectivity index (χ3n) is 6.23. The lowest BCUT2D eigenvalue weighted by molar-refractivity contribution is -0.139. The lowest BCUT2D eigenvalue weighted by Crippen LogP contribution is -2.52. The summed E-state index contributed by atoms with van der Waals surface area (Å²) in [6.07, 6.45) is 5.87. The molecule has 9 heteroatoms. The predicted molar refractivity (Wildman–Crippen MR) is 149 cm³/mol. The van der Waals surface area contributed by atoms with Crippen molar-refractivity contribution in [2.45, 2.75) is 69.8 Å². The van der Waals surface area contributed by atoms with Gasteiger partial charge >= 0.3 is 0 Å². The molecule has 0 heterocycles. The highest BCUT2D eigenvalue weighted by atomic mass is 35.5. The normalized spacial score (nSPS) is 15.0. The van der Waals surface area contributed by atoms with Crippen LogP contribution >= 0.6 is 58.2 Å². The molecule has 2 amide bonds. The molecule has 1 aliphatic rings. The number of rotatable bonds is 10. The van der Waals surface area contributed by atoms with E-state index in [0.717, 1.165) is 31.2 Å². The van der Waals surface area contributed by atoms with E-state index in [-0.39, 0.29) is 30.2 Å². The van der Waals surface area contributed by atoms with E-state index < -0.39 is 6.04 Å². The zero-order valence-electron chi connectivity index (χ0n) is 19.7. The smallest absolute Gasteiger partial charge is 0.243 e. The van der Waals surface area contributed by atoms with Crippen molar-refractivity contribution >= 4 is 70.0 Å². The largest absolute Gasteiger partial charge is 0.352 e. The van der Waals surface area contributed by atoms with Crippen LogP contribution in [0, 0.1) is 0 Å². The molecule has 0 aliphatic heterocycles. The second-order valence-corrected chi connectivity index (χ2v) is 11.4. The van der Waals surface area contributed by atoms with Crippen molar-refractivity contribution in [3.8, 4) is 0 Å². The Morgan fingerprint density at radius 3 is 2.34 bits per heavy atom. The highest BCUT2D eigenvalue weighted by Crippen LogP contribution is 2.29. The van der Waals surface area contributed by atoms with E-state index >= 15 is 0 Å². The Labute approximate surface area is 232 Å². The number of carbonyl (C=O) groups is 2. The van der Waals surface area contributed by atoms with Gasteiger partial charge < -0.3 is 10.2 Å². The summed E-state index contributed by atoms with van der Waals surface area (Å²) < 4.78 is 0. The molecule has 1 atom stereocenters. The maximum Gasteiger partial charge on any atom is 0.243 e. The van der Waals surface area contributed by atoms with Crippen molar-refractivity contribution in [3.63, 3.8) is 0 Å². The van der Waals surface area contributed by atoms with E-state index in [1.165, 1.54) is 18.2 Å². The molecule has 0 spiro atoms. The molecule has 35 heavy (non-hydrogen) atoms. The van der Waals surface area contributed by atoms with E-state index in [4.69, 9.17) is 46.4 Å². The molecule has 4 nitrogen and oxygen atoms in total. The Hall–Kier alpha value is -1.11. The molecule has 2 aromatic carbocycles. The summed E-state index contributed by atoms with van der Waals surface area (Å²) in [5.74, 6) is 0.463. The van der Waals surface area contributed by atoms with Crippen LogP contribution in [0.1, 0.15) is 56.6 Å². The van der Waals surface area contributed by atoms with E-state index in [1.807, 2.05) is 13.0 Å². The summed E-state index contributed by atoms with van der Waals surface area (Å²) in [6.45, 7) is 2.08. The number of halogens is 4. The molecule has 0 saturated heterocycles. The van der Waals surface area contributed by atoms with Gasteiger partial charge in [0.2, 0.25) is 11.8 Å². The highest BCUT2D eigenvalue weighted by molar-refractivity contribution is 7.99. The topological polar surface area (TPSA) is 49.4 Å². The first-order valence-corrected chi connectivity index (χ1v) is 14.5. The van der Waals surface area contributed by atoms with Crippen LogP contribution in [0.4, 0.5) is 0 Å². The van der Waals surface area contributed by atoms with E-state index in [0.29, 0.717) is 37.8 Å². The summed E-state index contributed by atoms with van der Waals surface area (Å²) >= 11 is 26.6. The van der Waals surface area contributed by atoms with Crippen molar-refractivity contribution < 1.29 is 9.59 Å². The Bertz CT molecular complexity index is 1010. The lowest BCUT2D eigenvalue weighted by atomic mass is 9.95. The van der Waals surface area contributed by atoms with Gasteiger partial charge in [0.25, 0.3) is 0 Å². The summed E-state index contributed by atoms with van der Waals surface area (Å²) in [4.78, 5) is 28.4. The standard InChI is InChI=1S/C26H30Cl4N2O2S/c1-2-24(26(34)31-19-7-4-3-5-8-19)32(14-20-21(28)9-6-10-22(20)29)25(33)16-35-15-17-11-12-18(27)13-23(17)30/h6,9-13,19,24H,2-5,7-8,14-16H2,1H3,(H,31,34)/t24-/m1/s1.